The molecule has 3 rings (SSSR count). The number of methoxy groups -OCH3 is 1. The predicted molar refractivity (Wildman–Crippen MR) is 84.1 cm³/mol. The molecule has 22 heavy (non-hydrogen) atoms. The third-order valence-corrected chi connectivity index (χ3v) is 4.73. The van der Waals surface area contributed by atoms with Gasteiger partial charge in [0.2, 0.25) is 0 Å². The summed E-state index contributed by atoms with van der Waals surface area (Å²) in [4.78, 5) is 6.64. The lowest BCUT2D eigenvalue weighted by Gasteiger charge is -2.30. The number of hydrogen-bond donors (Lipinski definition) is 0. The minimum absolute atomic E-state index is 0.322. The number of likely N-dealkylation sites (tertiary alicyclic amines) is 1. The summed E-state index contributed by atoms with van der Waals surface area (Å²) in [5.74, 6) is 1.58. The highest BCUT2D eigenvalue weighted by Gasteiger charge is 2.34. The van der Waals surface area contributed by atoms with Crippen LogP contribution in [-0.4, -0.2) is 62.0 Å². The fraction of sp³-hybridized carbons (Fsp3) is 0.706. The van der Waals surface area contributed by atoms with E-state index in [0.29, 0.717) is 18.8 Å². The van der Waals surface area contributed by atoms with E-state index in [-0.39, 0.29) is 0 Å². The van der Waals surface area contributed by atoms with E-state index in [1.54, 1.807) is 12.4 Å². The van der Waals surface area contributed by atoms with Crippen LogP contribution in [0.5, 0.6) is 5.75 Å². The van der Waals surface area contributed by atoms with Gasteiger partial charge in [-0.05, 0) is 37.3 Å². The Bertz CT molecular complexity index is 437. The summed E-state index contributed by atoms with van der Waals surface area (Å²) < 4.78 is 17.0. The first-order chi connectivity index (χ1) is 10.8. The lowest BCUT2D eigenvalue weighted by Crippen LogP contribution is -2.39. The first kappa shape index (κ1) is 15.7. The summed E-state index contributed by atoms with van der Waals surface area (Å²) in [6, 6.07) is 4.29. The molecule has 0 amide bonds. The Hall–Kier alpha value is -1.17. The van der Waals surface area contributed by atoms with Gasteiger partial charge in [0, 0.05) is 45.7 Å². The fourth-order valence-electron chi connectivity index (χ4n) is 3.39. The van der Waals surface area contributed by atoms with E-state index in [0.717, 1.165) is 44.4 Å². The average molecular weight is 306 g/mol. The van der Waals surface area contributed by atoms with Gasteiger partial charge in [0.05, 0.1) is 12.3 Å². The normalized spacial score (nSPS) is 27.1. The van der Waals surface area contributed by atoms with Crippen LogP contribution in [0.2, 0.25) is 0 Å². The third-order valence-electron chi connectivity index (χ3n) is 4.73. The Kier molecular flexibility index (Phi) is 5.64. The number of rotatable bonds is 6. The van der Waals surface area contributed by atoms with Gasteiger partial charge in [-0.15, -0.1) is 0 Å². The summed E-state index contributed by atoms with van der Waals surface area (Å²) in [6.07, 6.45) is 7.24. The average Bonchev–Trinajstić information content (AvgIpc) is 2.97. The van der Waals surface area contributed by atoms with Gasteiger partial charge >= 0.3 is 0 Å². The van der Waals surface area contributed by atoms with E-state index in [9.17, 15) is 0 Å². The number of pyridine rings is 1. The molecule has 0 spiro atoms. The number of hydrogen-bond acceptors (Lipinski definition) is 5. The molecule has 0 bridgehead atoms. The zero-order chi connectivity index (χ0) is 15.2. The molecular formula is C17H26N2O3. The van der Waals surface area contributed by atoms with E-state index in [2.05, 4.69) is 9.88 Å². The van der Waals surface area contributed by atoms with Crippen molar-refractivity contribution in [2.75, 3.05) is 40.0 Å². The van der Waals surface area contributed by atoms with Gasteiger partial charge in [-0.1, -0.05) is 0 Å². The van der Waals surface area contributed by atoms with Gasteiger partial charge in [0.15, 0.2) is 0 Å². The Morgan fingerprint density at radius 3 is 2.95 bits per heavy atom. The molecule has 0 aliphatic carbocycles. The van der Waals surface area contributed by atoms with Gasteiger partial charge in [-0.25, -0.2) is 0 Å². The second-order valence-corrected chi connectivity index (χ2v) is 6.26. The van der Waals surface area contributed by atoms with Crippen LogP contribution in [0.4, 0.5) is 0 Å². The van der Waals surface area contributed by atoms with Crippen LogP contribution in [-0.2, 0) is 9.47 Å². The first-order valence-corrected chi connectivity index (χ1v) is 8.22. The van der Waals surface area contributed by atoms with Crippen LogP contribution in [0.15, 0.2) is 24.5 Å². The lowest BCUT2D eigenvalue weighted by atomic mass is 9.99. The van der Waals surface area contributed by atoms with Gasteiger partial charge in [-0.3, -0.25) is 9.88 Å². The molecule has 0 N–H and O–H groups in total. The van der Waals surface area contributed by atoms with Crippen molar-refractivity contribution >= 4 is 0 Å². The molecule has 0 unspecified atom stereocenters. The maximum Gasteiger partial charge on any atom is 0.137 e. The van der Waals surface area contributed by atoms with Crippen LogP contribution < -0.4 is 4.74 Å². The van der Waals surface area contributed by atoms with Crippen LogP contribution in [0.1, 0.15) is 19.3 Å². The van der Waals surface area contributed by atoms with E-state index >= 15 is 0 Å². The van der Waals surface area contributed by atoms with Crippen molar-refractivity contribution in [2.45, 2.75) is 31.4 Å². The molecule has 0 aromatic carbocycles. The molecule has 2 aliphatic heterocycles. The second-order valence-electron chi connectivity index (χ2n) is 6.26. The van der Waals surface area contributed by atoms with E-state index in [1.165, 1.54) is 12.8 Å². The van der Waals surface area contributed by atoms with E-state index in [1.807, 2.05) is 19.2 Å². The third kappa shape index (κ3) is 4.18. The number of ether oxygens (including phenoxy) is 3. The van der Waals surface area contributed by atoms with Crippen molar-refractivity contribution in [1.29, 1.82) is 0 Å². The molecule has 2 aliphatic rings. The standard InChI is InChI=1S/C17H26N2O3/c1-20-17-9-15(13-22-16-3-2-6-18-10-16)19(12-17)11-14-4-7-21-8-5-14/h2-3,6,10,14-15,17H,4-5,7-9,11-13H2,1H3/t15-,17+/m0/s1. The van der Waals surface area contributed by atoms with Crippen LogP contribution >= 0.6 is 0 Å². The molecule has 2 saturated heterocycles. The number of nitrogens with zero attached hydrogens (tertiary/aromatic N) is 2. The zero-order valence-electron chi connectivity index (χ0n) is 13.3. The highest BCUT2D eigenvalue weighted by atomic mass is 16.5. The Balaban J connectivity index is 1.54. The molecule has 5 heteroatoms. The van der Waals surface area contributed by atoms with Crippen molar-refractivity contribution in [3.63, 3.8) is 0 Å². The molecule has 0 saturated carbocycles. The van der Waals surface area contributed by atoms with Crippen LogP contribution in [0.25, 0.3) is 0 Å². The molecule has 1 aromatic rings. The van der Waals surface area contributed by atoms with Gasteiger partial charge in [-0.2, -0.15) is 0 Å². The largest absolute Gasteiger partial charge is 0.490 e. The molecule has 3 heterocycles. The van der Waals surface area contributed by atoms with Crippen LogP contribution in [0, 0.1) is 5.92 Å². The summed E-state index contributed by atoms with van der Waals surface area (Å²) in [6.45, 7) is 4.65. The summed E-state index contributed by atoms with van der Waals surface area (Å²) >= 11 is 0. The topological polar surface area (TPSA) is 43.8 Å². The Morgan fingerprint density at radius 1 is 1.36 bits per heavy atom. The summed E-state index contributed by atoms with van der Waals surface area (Å²) in [7, 11) is 1.81. The molecule has 2 atom stereocenters. The molecule has 0 radical (unpaired) electrons. The Morgan fingerprint density at radius 2 is 2.23 bits per heavy atom. The molecular weight excluding hydrogens is 280 g/mol. The van der Waals surface area contributed by atoms with Crippen molar-refractivity contribution < 1.29 is 14.2 Å². The minimum Gasteiger partial charge on any atom is -0.490 e. The SMILES string of the molecule is CO[C@@H]1C[C@@H](COc2cccnc2)N(CC2CCOCC2)C1. The van der Waals surface area contributed by atoms with Crippen molar-refractivity contribution in [1.82, 2.24) is 9.88 Å². The highest BCUT2D eigenvalue weighted by molar-refractivity contribution is 5.15. The molecule has 1 aromatic heterocycles. The lowest BCUT2D eigenvalue weighted by molar-refractivity contribution is 0.0446. The van der Waals surface area contributed by atoms with Gasteiger partial charge in [0.1, 0.15) is 12.4 Å². The monoisotopic (exact) mass is 306 g/mol. The maximum atomic E-state index is 5.92. The van der Waals surface area contributed by atoms with Crippen molar-refractivity contribution in [3.05, 3.63) is 24.5 Å². The zero-order valence-corrected chi connectivity index (χ0v) is 13.3. The first-order valence-electron chi connectivity index (χ1n) is 8.22. The van der Waals surface area contributed by atoms with Gasteiger partial charge < -0.3 is 14.2 Å². The summed E-state index contributed by atoms with van der Waals surface area (Å²) in [5.41, 5.74) is 0. The minimum atomic E-state index is 0.322. The molecule has 122 valence electrons. The summed E-state index contributed by atoms with van der Waals surface area (Å²) in [5, 5.41) is 0. The highest BCUT2D eigenvalue weighted by Crippen LogP contribution is 2.25. The van der Waals surface area contributed by atoms with Crippen LogP contribution in [0.3, 0.4) is 0 Å². The van der Waals surface area contributed by atoms with Crippen molar-refractivity contribution in [3.8, 4) is 5.75 Å². The van der Waals surface area contributed by atoms with Crippen molar-refractivity contribution in [2.24, 2.45) is 5.92 Å². The predicted octanol–water partition coefficient (Wildman–Crippen LogP) is 1.98. The van der Waals surface area contributed by atoms with E-state index in [4.69, 9.17) is 14.2 Å². The quantitative estimate of drug-likeness (QED) is 0.804. The van der Waals surface area contributed by atoms with E-state index < -0.39 is 0 Å². The molecule has 5 nitrogen and oxygen atoms in total. The smallest absolute Gasteiger partial charge is 0.137 e. The number of aromatic nitrogens is 1. The molecule has 2 fully saturated rings. The fourth-order valence-corrected chi connectivity index (χ4v) is 3.39. The second kappa shape index (κ2) is 7.90. The van der Waals surface area contributed by atoms with Gasteiger partial charge in [0.25, 0.3) is 0 Å². The maximum absolute atomic E-state index is 5.92. The Labute approximate surface area is 132 Å².